The van der Waals surface area contributed by atoms with E-state index in [0.717, 1.165) is 6.42 Å². The normalized spacial score (nSPS) is 21.7. The third-order valence-corrected chi connectivity index (χ3v) is 2.34. The molecule has 0 bridgehead atoms. The van der Waals surface area contributed by atoms with Gasteiger partial charge >= 0.3 is 5.97 Å². The summed E-state index contributed by atoms with van der Waals surface area (Å²) in [5.41, 5.74) is 0.419. The topological polar surface area (TPSA) is 46.5 Å². The lowest BCUT2D eigenvalue weighted by Gasteiger charge is -2.38. The smallest absolute Gasteiger partial charge is 0.330 e. The van der Waals surface area contributed by atoms with Gasteiger partial charge in [-0.3, -0.25) is 0 Å². The molecule has 3 heteroatoms. The fourth-order valence-electron chi connectivity index (χ4n) is 1.27. The Morgan fingerprint density at radius 1 is 1.67 bits per heavy atom. The number of carbonyl (C=O) groups is 1. The molecule has 0 aromatic carbocycles. The summed E-state index contributed by atoms with van der Waals surface area (Å²) in [4.78, 5) is 10.5. The van der Waals surface area contributed by atoms with Gasteiger partial charge in [0.1, 0.15) is 0 Å². The molecule has 1 heterocycles. The minimum absolute atomic E-state index is 0.00245. The maximum absolute atomic E-state index is 10.5. The Labute approximate surface area is 72.0 Å². The van der Waals surface area contributed by atoms with Gasteiger partial charge in [0.2, 0.25) is 0 Å². The van der Waals surface area contributed by atoms with Gasteiger partial charge in [-0.2, -0.15) is 0 Å². The number of hydrogen-bond donors (Lipinski definition) is 1. The maximum atomic E-state index is 10.5. The lowest BCUT2D eigenvalue weighted by molar-refractivity contribution is -0.133. The van der Waals surface area contributed by atoms with Crippen LogP contribution >= 0.6 is 0 Å². The standard InChI is InChI=1S/C9H14O3/c1-3-9(5-12-6-9)4-7(2)8(10)11/h4H,3,5-6H2,1-2H3,(H,10,11)/b7-4+. The van der Waals surface area contributed by atoms with E-state index in [9.17, 15) is 4.79 Å². The van der Waals surface area contributed by atoms with E-state index in [1.165, 1.54) is 0 Å². The van der Waals surface area contributed by atoms with Crippen molar-refractivity contribution in [1.82, 2.24) is 0 Å². The molecule has 0 unspecified atom stereocenters. The third-order valence-electron chi connectivity index (χ3n) is 2.34. The van der Waals surface area contributed by atoms with Crippen molar-refractivity contribution in [3.8, 4) is 0 Å². The second-order valence-corrected chi connectivity index (χ2v) is 3.34. The second-order valence-electron chi connectivity index (χ2n) is 3.34. The fourth-order valence-corrected chi connectivity index (χ4v) is 1.27. The molecule has 0 aromatic heterocycles. The first kappa shape index (κ1) is 9.26. The minimum Gasteiger partial charge on any atom is -0.478 e. The number of rotatable bonds is 3. The van der Waals surface area contributed by atoms with Gasteiger partial charge in [-0.25, -0.2) is 4.79 Å². The molecule has 12 heavy (non-hydrogen) atoms. The average molecular weight is 170 g/mol. The van der Waals surface area contributed by atoms with Crippen LogP contribution in [0.2, 0.25) is 0 Å². The van der Waals surface area contributed by atoms with Crippen LogP contribution in [0.3, 0.4) is 0 Å². The average Bonchev–Trinajstić information content (AvgIpc) is 1.96. The minimum atomic E-state index is -0.838. The molecule has 3 nitrogen and oxygen atoms in total. The highest BCUT2D eigenvalue weighted by Crippen LogP contribution is 2.33. The zero-order chi connectivity index (χ0) is 9.19. The molecule has 1 rings (SSSR count). The van der Waals surface area contributed by atoms with Crippen molar-refractivity contribution in [3.05, 3.63) is 11.6 Å². The molecule has 1 saturated heterocycles. The Morgan fingerprint density at radius 3 is 2.50 bits per heavy atom. The van der Waals surface area contributed by atoms with Gasteiger partial charge < -0.3 is 9.84 Å². The second kappa shape index (κ2) is 3.27. The van der Waals surface area contributed by atoms with Crippen LogP contribution in [0.5, 0.6) is 0 Å². The molecule has 0 spiro atoms. The fraction of sp³-hybridized carbons (Fsp3) is 0.667. The lowest BCUT2D eigenvalue weighted by Crippen LogP contribution is -2.40. The Hall–Kier alpha value is -0.830. The molecule has 0 radical (unpaired) electrons. The Bertz CT molecular complexity index is 208. The van der Waals surface area contributed by atoms with Gasteiger partial charge in [0, 0.05) is 11.0 Å². The molecule has 0 aromatic rings. The first-order valence-corrected chi connectivity index (χ1v) is 4.10. The number of aliphatic carboxylic acids is 1. The van der Waals surface area contributed by atoms with E-state index in [4.69, 9.17) is 9.84 Å². The molecule has 1 aliphatic heterocycles. The van der Waals surface area contributed by atoms with Crippen molar-refractivity contribution in [2.75, 3.05) is 13.2 Å². The SMILES string of the molecule is CCC1(/C=C(\C)C(=O)O)COC1. The van der Waals surface area contributed by atoms with Crippen LogP contribution in [0.25, 0.3) is 0 Å². The van der Waals surface area contributed by atoms with Crippen molar-refractivity contribution in [2.24, 2.45) is 5.41 Å². The summed E-state index contributed by atoms with van der Waals surface area (Å²) in [5.74, 6) is -0.838. The van der Waals surface area contributed by atoms with Crippen molar-refractivity contribution in [3.63, 3.8) is 0 Å². The Morgan fingerprint density at radius 2 is 2.25 bits per heavy atom. The van der Waals surface area contributed by atoms with Crippen LogP contribution in [0.1, 0.15) is 20.3 Å². The summed E-state index contributed by atoms with van der Waals surface area (Å²) in [6.07, 6.45) is 2.76. The van der Waals surface area contributed by atoms with Gasteiger partial charge in [-0.15, -0.1) is 0 Å². The number of hydrogen-bond acceptors (Lipinski definition) is 2. The molecule has 0 aliphatic carbocycles. The summed E-state index contributed by atoms with van der Waals surface area (Å²) in [7, 11) is 0. The van der Waals surface area contributed by atoms with Crippen LogP contribution in [0.15, 0.2) is 11.6 Å². The van der Waals surface area contributed by atoms with E-state index in [2.05, 4.69) is 0 Å². The Kier molecular flexibility index (Phi) is 2.52. The van der Waals surface area contributed by atoms with Gasteiger partial charge in [-0.05, 0) is 13.3 Å². The highest BCUT2D eigenvalue weighted by atomic mass is 16.5. The highest BCUT2D eigenvalue weighted by molar-refractivity contribution is 5.85. The van der Waals surface area contributed by atoms with Crippen molar-refractivity contribution < 1.29 is 14.6 Å². The predicted octanol–water partition coefficient (Wildman–Crippen LogP) is 1.44. The molecule has 1 N–H and O–H groups in total. The molecule has 0 atom stereocenters. The zero-order valence-electron chi connectivity index (χ0n) is 7.46. The molecular formula is C9H14O3. The van der Waals surface area contributed by atoms with Crippen LogP contribution in [0, 0.1) is 5.41 Å². The van der Waals surface area contributed by atoms with Gasteiger partial charge in [0.25, 0.3) is 0 Å². The van der Waals surface area contributed by atoms with E-state index < -0.39 is 5.97 Å². The largest absolute Gasteiger partial charge is 0.478 e. The summed E-state index contributed by atoms with van der Waals surface area (Å²) in [6.45, 7) is 4.99. The van der Waals surface area contributed by atoms with Crippen molar-refractivity contribution in [1.29, 1.82) is 0 Å². The quantitative estimate of drug-likeness (QED) is 0.652. The monoisotopic (exact) mass is 170 g/mol. The number of carboxylic acid groups (broad SMARTS) is 1. The summed E-state index contributed by atoms with van der Waals surface area (Å²) in [6, 6.07) is 0. The van der Waals surface area contributed by atoms with Crippen molar-refractivity contribution in [2.45, 2.75) is 20.3 Å². The Balaban J connectivity index is 2.69. The molecule has 1 aliphatic rings. The van der Waals surface area contributed by atoms with E-state index in [-0.39, 0.29) is 5.41 Å². The molecule has 0 saturated carbocycles. The van der Waals surface area contributed by atoms with Crippen molar-refractivity contribution >= 4 is 5.97 Å². The number of carboxylic acids is 1. The van der Waals surface area contributed by atoms with Crippen LogP contribution in [0.4, 0.5) is 0 Å². The van der Waals surface area contributed by atoms with Gasteiger partial charge in [0.15, 0.2) is 0 Å². The number of ether oxygens (including phenoxy) is 1. The zero-order valence-corrected chi connectivity index (χ0v) is 7.46. The maximum Gasteiger partial charge on any atom is 0.330 e. The van der Waals surface area contributed by atoms with Crippen LogP contribution in [-0.4, -0.2) is 24.3 Å². The molecule has 68 valence electrons. The van der Waals surface area contributed by atoms with Gasteiger partial charge in [-0.1, -0.05) is 13.0 Å². The van der Waals surface area contributed by atoms with E-state index >= 15 is 0 Å². The summed E-state index contributed by atoms with van der Waals surface area (Å²) < 4.78 is 5.07. The first-order chi connectivity index (χ1) is 5.59. The molecular weight excluding hydrogens is 156 g/mol. The highest BCUT2D eigenvalue weighted by Gasteiger charge is 2.34. The van der Waals surface area contributed by atoms with E-state index in [1.807, 2.05) is 13.0 Å². The van der Waals surface area contributed by atoms with E-state index in [1.54, 1.807) is 6.92 Å². The third kappa shape index (κ3) is 1.67. The predicted molar refractivity (Wildman–Crippen MR) is 44.9 cm³/mol. The summed E-state index contributed by atoms with van der Waals surface area (Å²) >= 11 is 0. The summed E-state index contributed by atoms with van der Waals surface area (Å²) in [5, 5.41) is 8.65. The van der Waals surface area contributed by atoms with E-state index in [0.29, 0.717) is 18.8 Å². The molecule has 1 fully saturated rings. The van der Waals surface area contributed by atoms with Crippen LogP contribution in [-0.2, 0) is 9.53 Å². The van der Waals surface area contributed by atoms with Gasteiger partial charge in [0.05, 0.1) is 13.2 Å². The van der Waals surface area contributed by atoms with Crippen LogP contribution < -0.4 is 0 Å². The lowest BCUT2D eigenvalue weighted by atomic mass is 9.81. The first-order valence-electron chi connectivity index (χ1n) is 4.10. The molecule has 0 amide bonds.